The Balaban J connectivity index is 1.35. The molecule has 6 rings (SSSR count). The first-order valence-electron chi connectivity index (χ1n) is 13.9. The number of methoxy groups -OCH3 is 1. The summed E-state index contributed by atoms with van der Waals surface area (Å²) in [7, 11) is 5.22. The number of piperazine rings is 1. The Morgan fingerprint density at radius 3 is 2.53 bits per heavy atom. The van der Waals surface area contributed by atoms with Gasteiger partial charge >= 0.3 is 5.97 Å². The normalized spacial score (nSPS) is 14.8. The Bertz CT molecular complexity index is 1840. The van der Waals surface area contributed by atoms with Crippen LogP contribution in [0.25, 0.3) is 21.1 Å². The van der Waals surface area contributed by atoms with Crippen LogP contribution in [0.3, 0.4) is 0 Å². The summed E-state index contributed by atoms with van der Waals surface area (Å²) in [4.78, 5) is 43.6. The Kier molecular flexibility index (Phi) is 7.94. The number of benzene rings is 3. The number of fused-ring (bicyclic) bond motifs is 2. The molecule has 0 spiro atoms. The minimum Gasteiger partial charge on any atom is -0.494 e. The van der Waals surface area contributed by atoms with Crippen molar-refractivity contribution in [2.75, 3.05) is 58.8 Å². The molecule has 2 aromatic heterocycles. The van der Waals surface area contributed by atoms with E-state index in [1.165, 1.54) is 18.4 Å². The largest absolute Gasteiger partial charge is 0.494 e. The first-order chi connectivity index (χ1) is 20.8. The summed E-state index contributed by atoms with van der Waals surface area (Å²) >= 11 is 1.53. The van der Waals surface area contributed by atoms with E-state index in [-0.39, 0.29) is 11.8 Å². The van der Waals surface area contributed by atoms with E-state index in [2.05, 4.69) is 26.8 Å². The number of nitrogens with one attached hydrogen (secondary N) is 1. The SMILES string of the molecule is COC(=O)c1ccc2c(C(=Nc3ccc(N(C)C(=O)CN4CCN(C)CC4)cc3)c3ccc4ncsc4c3)c(O)[nH]c2c1. The number of aliphatic imine (C=N–C) groups is 1. The minimum absolute atomic E-state index is 0.0365. The van der Waals surface area contributed by atoms with Crippen molar-refractivity contribution in [1.82, 2.24) is 19.8 Å². The van der Waals surface area contributed by atoms with E-state index in [1.54, 1.807) is 35.7 Å². The molecule has 43 heavy (non-hydrogen) atoms. The van der Waals surface area contributed by atoms with Crippen LogP contribution in [0.1, 0.15) is 21.5 Å². The monoisotopic (exact) mass is 596 g/mol. The fourth-order valence-corrected chi connectivity index (χ4v) is 5.98. The van der Waals surface area contributed by atoms with Crippen molar-refractivity contribution in [3.63, 3.8) is 0 Å². The highest BCUT2D eigenvalue weighted by Crippen LogP contribution is 2.33. The molecule has 2 N–H and O–H groups in total. The summed E-state index contributed by atoms with van der Waals surface area (Å²) in [5.41, 5.74) is 6.92. The average molecular weight is 597 g/mol. The zero-order valence-electron chi connectivity index (χ0n) is 24.2. The zero-order valence-corrected chi connectivity index (χ0v) is 25.0. The van der Waals surface area contributed by atoms with Crippen LogP contribution in [0.5, 0.6) is 5.88 Å². The first kappa shape index (κ1) is 28.5. The number of likely N-dealkylation sites (N-methyl/N-ethyl adjacent to an activating group) is 2. The number of esters is 1. The molecule has 3 heterocycles. The highest BCUT2D eigenvalue weighted by molar-refractivity contribution is 7.16. The van der Waals surface area contributed by atoms with E-state index in [0.29, 0.717) is 40.0 Å². The lowest BCUT2D eigenvalue weighted by Gasteiger charge is -2.32. The van der Waals surface area contributed by atoms with Gasteiger partial charge in [-0.1, -0.05) is 12.1 Å². The zero-order chi connectivity index (χ0) is 30.1. The van der Waals surface area contributed by atoms with Gasteiger partial charge in [0.25, 0.3) is 0 Å². The number of H-pyrrole nitrogens is 1. The van der Waals surface area contributed by atoms with Crippen LogP contribution >= 0.6 is 11.3 Å². The molecule has 3 aromatic carbocycles. The highest BCUT2D eigenvalue weighted by atomic mass is 32.1. The molecule has 1 saturated heterocycles. The van der Waals surface area contributed by atoms with Crippen molar-refractivity contribution in [2.45, 2.75) is 0 Å². The number of amides is 1. The van der Waals surface area contributed by atoms with E-state index >= 15 is 0 Å². The standard InChI is InChI=1S/C32H32N6O4S/c1-36-12-14-38(15-13-36)18-28(39)37(2)23-8-6-22(7-9-23)34-30(20-5-11-25-27(17-20)43-19-33-25)29-24-10-4-21(32(41)42-3)16-26(24)35-31(29)40/h4-11,16-17,19,35,40H,12-15,18H2,1-3H3. The molecule has 0 bridgehead atoms. The predicted octanol–water partition coefficient (Wildman–Crippen LogP) is 4.65. The molecular formula is C32H32N6O4S. The maximum Gasteiger partial charge on any atom is 0.337 e. The molecule has 11 heteroatoms. The van der Waals surface area contributed by atoms with Crippen molar-refractivity contribution < 1.29 is 19.4 Å². The van der Waals surface area contributed by atoms with Crippen LogP contribution in [0.2, 0.25) is 0 Å². The summed E-state index contributed by atoms with van der Waals surface area (Å²) in [5.74, 6) is -0.491. The number of anilines is 1. The quantitative estimate of drug-likeness (QED) is 0.208. The molecule has 5 aromatic rings. The number of ether oxygens (including phenoxy) is 1. The maximum atomic E-state index is 13.0. The van der Waals surface area contributed by atoms with Gasteiger partial charge in [-0.15, -0.1) is 11.3 Å². The topological polar surface area (TPSA) is 114 Å². The van der Waals surface area contributed by atoms with Gasteiger partial charge < -0.3 is 24.6 Å². The number of aromatic amines is 1. The number of carbonyl (C=O) groups is 2. The molecule has 1 aliphatic heterocycles. The summed E-state index contributed by atoms with van der Waals surface area (Å²) < 4.78 is 5.86. The van der Waals surface area contributed by atoms with Gasteiger partial charge in [0.2, 0.25) is 5.91 Å². The molecule has 0 unspecified atom stereocenters. The smallest absolute Gasteiger partial charge is 0.337 e. The number of hydrogen-bond donors (Lipinski definition) is 2. The molecule has 0 saturated carbocycles. The molecule has 220 valence electrons. The fraction of sp³-hybridized carbons (Fsp3) is 0.250. The van der Waals surface area contributed by atoms with E-state index in [4.69, 9.17) is 9.73 Å². The molecule has 0 radical (unpaired) electrons. The minimum atomic E-state index is -0.464. The van der Waals surface area contributed by atoms with Crippen molar-refractivity contribution in [2.24, 2.45) is 4.99 Å². The number of aromatic hydroxyl groups is 1. The summed E-state index contributed by atoms with van der Waals surface area (Å²) in [6, 6.07) is 18.4. The summed E-state index contributed by atoms with van der Waals surface area (Å²) in [5, 5.41) is 11.8. The Hall–Kier alpha value is -4.58. The molecule has 1 aliphatic rings. The van der Waals surface area contributed by atoms with Crippen LogP contribution in [-0.2, 0) is 9.53 Å². The van der Waals surface area contributed by atoms with E-state index in [9.17, 15) is 14.7 Å². The summed E-state index contributed by atoms with van der Waals surface area (Å²) in [6.45, 7) is 4.06. The Morgan fingerprint density at radius 1 is 1.05 bits per heavy atom. The first-order valence-corrected chi connectivity index (χ1v) is 14.8. The number of nitrogens with zero attached hydrogens (tertiary/aromatic N) is 5. The molecular weight excluding hydrogens is 564 g/mol. The fourth-order valence-electron chi connectivity index (χ4n) is 5.26. The van der Waals surface area contributed by atoms with Gasteiger partial charge in [0.05, 0.1) is 51.9 Å². The van der Waals surface area contributed by atoms with Crippen molar-refractivity contribution in [1.29, 1.82) is 0 Å². The number of carbonyl (C=O) groups excluding carboxylic acids is 2. The van der Waals surface area contributed by atoms with Crippen molar-refractivity contribution in [3.05, 3.63) is 82.9 Å². The van der Waals surface area contributed by atoms with Crippen LogP contribution in [-0.4, -0.2) is 96.4 Å². The van der Waals surface area contributed by atoms with Crippen molar-refractivity contribution in [3.8, 4) is 5.88 Å². The van der Waals surface area contributed by atoms with Crippen LogP contribution < -0.4 is 4.90 Å². The van der Waals surface area contributed by atoms with E-state index in [1.807, 2.05) is 42.5 Å². The Labute approximate surface area is 252 Å². The number of rotatable bonds is 7. The van der Waals surface area contributed by atoms with Crippen molar-refractivity contribution >= 4 is 61.4 Å². The van der Waals surface area contributed by atoms with Crippen LogP contribution in [0.4, 0.5) is 11.4 Å². The lowest BCUT2D eigenvalue weighted by atomic mass is 10.00. The van der Waals surface area contributed by atoms with E-state index < -0.39 is 5.97 Å². The van der Waals surface area contributed by atoms with Gasteiger partial charge in [0.15, 0.2) is 5.88 Å². The van der Waals surface area contributed by atoms with Gasteiger partial charge in [-0.2, -0.15) is 0 Å². The van der Waals surface area contributed by atoms with Crippen LogP contribution in [0.15, 0.2) is 71.2 Å². The third-order valence-electron chi connectivity index (χ3n) is 7.85. The molecule has 10 nitrogen and oxygen atoms in total. The van der Waals surface area contributed by atoms with Gasteiger partial charge in [-0.3, -0.25) is 9.69 Å². The third-order valence-corrected chi connectivity index (χ3v) is 8.64. The lowest BCUT2D eigenvalue weighted by Crippen LogP contribution is -2.48. The van der Waals surface area contributed by atoms with E-state index in [0.717, 1.165) is 47.6 Å². The molecule has 0 atom stereocenters. The second-order valence-corrected chi connectivity index (χ2v) is 11.5. The Morgan fingerprint density at radius 2 is 1.79 bits per heavy atom. The maximum absolute atomic E-state index is 13.0. The van der Waals surface area contributed by atoms with Gasteiger partial charge in [-0.05, 0) is 55.6 Å². The second-order valence-electron chi connectivity index (χ2n) is 10.6. The second kappa shape index (κ2) is 12.0. The van der Waals surface area contributed by atoms with Crippen LogP contribution in [0, 0.1) is 0 Å². The predicted molar refractivity (Wildman–Crippen MR) is 170 cm³/mol. The number of hydrogen-bond acceptors (Lipinski definition) is 9. The number of aromatic nitrogens is 2. The highest BCUT2D eigenvalue weighted by Gasteiger charge is 2.22. The average Bonchev–Trinajstić information content (AvgIpc) is 3.63. The van der Waals surface area contributed by atoms with Gasteiger partial charge in [-0.25, -0.2) is 14.8 Å². The molecule has 1 fully saturated rings. The molecule has 0 aliphatic carbocycles. The lowest BCUT2D eigenvalue weighted by molar-refractivity contribution is -0.119. The third kappa shape index (κ3) is 5.87. The number of thiazole rings is 1. The van der Waals surface area contributed by atoms with Gasteiger partial charge in [0.1, 0.15) is 0 Å². The van der Waals surface area contributed by atoms with Gasteiger partial charge in [0, 0.05) is 55.4 Å². The molecule has 1 amide bonds. The summed E-state index contributed by atoms with van der Waals surface area (Å²) in [6.07, 6.45) is 0.